The first-order valence-corrected chi connectivity index (χ1v) is 5.23. The standard InChI is InChI=1S/C11H10ClN3O2/c1-17-8-4-2-3-7(5-8)11(16)14-9-6-13-15-10(9)12/h2-6H,1H3,(H,13,15)(H,14,16). The third-order valence-electron chi connectivity index (χ3n) is 2.17. The van der Waals surface area contributed by atoms with Gasteiger partial charge >= 0.3 is 0 Å². The Balaban J connectivity index is 2.17. The van der Waals surface area contributed by atoms with E-state index in [0.29, 0.717) is 22.2 Å². The lowest BCUT2D eigenvalue weighted by atomic mass is 10.2. The monoisotopic (exact) mass is 251 g/mol. The van der Waals surface area contributed by atoms with Crippen molar-refractivity contribution in [3.63, 3.8) is 0 Å². The summed E-state index contributed by atoms with van der Waals surface area (Å²) in [4.78, 5) is 11.9. The molecule has 0 bridgehead atoms. The number of carbonyl (C=O) groups is 1. The Labute approximate surface area is 103 Å². The third kappa shape index (κ3) is 2.57. The molecular weight excluding hydrogens is 242 g/mol. The van der Waals surface area contributed by atoms with E-state index < -0.39 is 0 Å². The maximum Gasteiger partial charge on any atom is 0.255 e. The summed E-state index contributed by atoms with van der Waals surface area (Å²) in [6, 6.07) is 6.83. The predicted molar refractivity (Wildman–Crippen MR) is 64.5 cm³/mol. The van der Waals surface area contributed by atoms with E-state index in [1.165, 1.54) is 6.20 Å². The van der Waals surface area contributed by atoms with E-state index in [2.05, 4.69) is 15.5 Å². The van der Waals surface area contributed by atoms with Crippen LogP contribution in [0.4, 0.5) is 5.69 Å². The highest BCUT2D eigenvalue weighted by Crippen LogP contribution is 2.19. The number of anilines is 1. The summed E-state index contributed by atoms with van der Waals surface area (Å²) in [5.41, 5.74) is 0.932. The normalized spacial score (nSPS) is 10.0. The summed E-state index contributed by atoms with van der Waals surface area (Å²) in [5.74, 6) is 0.350. The first-order valence-electron chi connectivity index (χ1n) is 4.85. The van der Waals surface area contributed by atoms with Crippen molar-refractivity contribution < 1.29 is 9.53 Å². The number of ether oxygens (including phenoxy) is 1. The second-order valence-corrected chi connectivity index (χ2v) is 3.66. The number of nitrogens with zero attached hydrogens (tertiary/aromatic N) is 1. The number of aromatic nitrogens is 2. The molecule has 0 saturated carbocycles. The molecule has 0 aliphatic rings. The molecule has 0 aliphatic carbocycles. The van der Waals surface area contributed by atoms with Crippen LogP contribution in [0.15, 0.2) is 30.5 Å². The van der Waals surface area contributed by atoms with Crippen molar-refractivity contribution in [3.05, 3.63) is 41.2 Å². The minimum atomic E-state index is -0.271. The summed E-state index contributed by atoms with van der Waals surface area (Å²) >= 11 is 5.77. The van der Waals surface area contributed by atoms with Crippen LogP contribution in [0, 0.1) is 0 Å². The predicted octanol–water partition coefficient (Wildman–Crippen LogP) is 2.32. The van der Waals surface area contributed by atoms with Crippen molar-refractivity contribution in [2.24, 2.45) is 0 Å². The number of halogens is 1. The van der Waals surface area contributed by atoms with Crippen LogP contribution in [0.1, 0.15) is 10.4 Å². The number of nitrogens with one attached hydrogen (secondary N) is 2. The van der Waals surface area contributed by atoms with Crippen LogP contribution in [0.25, 0.3) is 0 Å². The van der Waals surface area contributed by atoms with E-state index in [4.69, 9.17) is 16.3 Å². The van der Waals surface area contributed by atoms with Gasteiger partial charge in [-0.1, -0.05) is 17.7 Å². The third-order valence-corrected chi connectivity index (χ3v) is 2.46. The number of methoxy groups -OCH3 is 1. The lowest BCUT2D eigenvalue weighted by Crippen LogP contribution is -2.11. The zero-order chi connectivity index (χ0) is 12.3. The van der Waals surface area contributed by atoms with Crippen molar-refractivity contribution in [1.29, 1.82) is 0 Å². The van der Waals surface area contributed by atoms with Gasteiger partial charge in [-0.2, -0.15) is 5.10 Å². The maximum atomic E-state index is 11.9. The van der Waals surface area contributed by atoms with Crippen molar-refractivity contribution in [2.75, 3.05) is 12.4 Å². The van der Waals surface area contributed by atoms with Gasteiger partial charge in [-0.15, -0.1) is 0 Å². The molecule has 88 valence electrons. The van der Waals surface area contributed by atoms with Gasteiger partial charge in [0.15, 0.2) is 0 Å². The first-order chi connectivity index (χ1) is 8.20. The molecule has 2 aromatic rings. The van der Waals surface area contributed by atoms with Crippen molar-refractivity contribution in [1.82, 2.24) is 10.2 Å². The van der Waals surface area contributed by atoms with Gasteiger partial charge in [0.1, 0.15) is 10.9 Å². The van der Waals surface area contributed by atoms with Crippen LogP contribution in [-0.2, 0) is 0 Å². The Morgan fingerprint density at radius 1 is 1.53 bits per heavy atom. The van der Waals surface area contributed by atoms with Crippen LogP contribution >= 0.6 is 11.6 Å². The van der Waals surface area contributed by atoms with Crippen molar-refractivity contribution >= 4 is 23.2 Å². The van der Waals surface area contributed by atoms with Crippen LogP contribution in [0.3, 0.4) is 0 Å². The molecule has 0 fully saturated rings. The van der Waals surface area contributed by atoms with Crippen LogP contribution in [0.2, 0.25) is 5.15 Å². The minimum absolute atomic E-state index is 0.271. The molecule has 2 N–H and O–H groups in total. The van der Waals surface area contributed by atoms with E-state index in [1.807, 2.05) is 0 Å². The quantitative estimate of drug-likeness (QED) is 0.880. The van der Waals surface area contributed by atoms with E-state index in [1.54, 1.807) is 31.4 Å². The molecule has 17 heavy (non-hydrogen) atoms. The average molecular weight is 252 g/mol. The number of aromatic amines is 1. The Hall–Kier alpha value is -2.01. The van der Waals surface area contributed by atoms with E-state index in [9.17, 15) is 4.79 Å². The molecule has 6 heteroatoms. The van der Waals surface area contributed by atoms with E-state index >= 15 is 0 Å². The Bertz CT molecular complexity index is 539. The summed E-state index contributed by atoms with van der Waals surface area (Å²) in [7, 11) is 1.55. The molecule has 0 radical (unpaired) electrons. The average Bonchev–Trinajstić information content (AvgIpc) is 2.75. The van der Waals surface area contributed by atoms with Crippen LogP contribution in [0.5, 0.6) is 5.75 Å². The molecule has 2 rings (SSSR count). The van der Waals surface area contributed by atoms with Crippen LogP contribution < -0.4 is 10.1 Å². The molecule has 5 nitrogen and oxygen atoms in total. The number of amides is 1. The number of benzene rings is 1. The highest BCUT2D eigenvalue weighted by Gasteiger charge is 2.10. The molecule has 1 aromatic heterocycles. The van der Waals surface area contributed by atoms with Crippen molar-refractivity contribution in [2.45, 2.75) is 0 Å². The smallest absolute Gasteiger partial charge is 0.255 e. The minimum Gasteiger partial charge on any atom is -0.497 e. The molecule has 0 atom stereocenters. The highest BCUT2D eigenvalue weighted by atomic mass is 35.5. The number of carbonyl (C=O) groups excluding carboxylic acids is 1. The summed E-state index contributed by atoms with van der Waals surface area (Å²) in [6.07, 6.45) is 1.44. The fourth-order valence-corrected chi connectivity index (χ4v) is 1.46. The summed E-state index contributed by atoms with van der Waals surface area (Å²) in [5, 5.41) is 9.16. The van der Waals surface area contributed by atoms with Gasteiger partial charge in [0.2, 0.25) is 0 Å². The zero-order valence-corrected chi connectivity index (χ0v) is 9.78. The number of hydrogen-bond donors (Lipinski definition) is 2. The van der Waals surface area contributed by atoms with E-state index in [0.717, 1.165) is 0 Å². The molecule has 0 saturated heterocycles. The summed E-state index contributed by atoms with van der Waals surface area (Å²) < 4.78 is 5.04. The topological polar surface area (TPSA) is 67.0 Å². The molecular formula is C11H10ClN3O2. The Kier molecular flexibility index (Phi) is 3.30. The second-order valence-electron chi connectivity index (χ2n) is 3.28. The van der Waals surface area contributed by atoms with Gasteiger partial charge in [-0.05, 0) is 18.2 Å². The zero-order valence-electron chi connectivity index (χ0n) is 9.03. The molecule has 0 unspecified atom stereocenters. The first kappa shape index (κ1) is 11.5. The van der Waals surface area contributed by atoms with Crippen molar-refractivity contribution in [3.8, 4) is 5.75 Å². The second kappa shape index (κ2) is 4.88. The SMILES string of the molecule is COc1cccc(C(=O)Nc2cn[nH]c2Cl)c1. The lowest BCUT2D eigenvalue weighted by Gasteiger charge is -2.05. The number of rotatable bonds is 3. The van der Waals surface area contributed by atoms with Gasteiger partial charge in [-0.25, -0.2) is 0 Å². The molecule has 1 aromatic carbocycles. The van der Waals surface area contributed by atoms with Gasteiger partial charge < -0.3 is 10.1 Å². The number of H-pyrrole nitrogens is 1. The largest absolute Gasteiger partial charge is 0.497 e. The van der Waals surface area contributed by atoms with E-state index in [-0.39, 0.29) is 5.91 Å². The van der Waals surface area contributed by atoms with Gasteiger partial charge in [-0.3, -0.25) is 9.89 Å². The maximum absolute atomic E-state index is 11.9. The summed E-state index contributed by atoms with van der Waals surface area (Å²) in [6.45, 7) is 0. The lowest BCUT2D eigenvalue weighted by molar-refractivity contribution is 0.102. The van der Waals surface area contributed by atoms with Gasteiger partial charge in [0.05, 0.1) is 19.0 Å². The van der Waals surface area contributed by atoms with Crippen LogP contribution in [-0.4, -0.2) is 23.2 Å². The number of hydrogen-bond acceptors (Lipinski definition) is 3. The fraction of sp³-hybridized carbons (Fsp3) is 0.0909. The molecule has 0 spiro atoms. The van der Waals surface area contributed by atoms with Gasteiger partial charge in [0.25, 0.3) is 5.91 Å². The Morgan fingerprint density at radius 3 is 3.00 bits per heavy atom. The van der Waals surface area contributed by atoms with Gasteiger partial charge in [0, 0.05) is 5.56 Å². The Morgan fingerprint density at radius 2 is 2.35 bits per heavy atom. The molecule has 1 amide bonds. The fourth-order valence-electron chi connectivity index (χ4n) is 1.32. The highest BCUT2D eigenvalue weighted by molar-refractivity contribution is 6.32. The molecule has 1 heterocycles. The molecule has 0 aliphatic heterocycles.